The number of aromatic nitrogens is 2. The summed E-state index contributed by atoms with van der Waals surface area (Å²) in [5.41, 5.74) is 4.62. The third-order valence-corrected chi connectivity index (χ3v) is 6.21. The number of amides is 2. The van der Waals surface area contributed by atoms with Crippen LogP contribution in [-0.2, 0) is 16.1 Å². The zero-order valence-electron chi connectivity index (χ0n) is 18.4. The van der Waals surface area contributed by atoms with Crippen LogP contribution in [0.4, 0.5) is 11.5 Å². The number of rotatable bonds is 4. The first-order chi connectivity index (χ1) is 14.4. The number of benzene rings is 1. The van der Waals surface area contributed by atoms with Crippen molar-refractivity contribution in [3.8, 4) is 0 Å². The van der Waals surface area contributed by atoms with Gasteiger partial charge in [-0.25, -0.2) is 4.68 Å². The van der Waals surface area contributed by atoms with Crippen LogP contribution in [0.2, 0.25) is 0 Å². The fourth-order valence-electron chi connectivity index (χ4n) is 4.58. The molecule has 0 N–H and O–H groups in total. The van der Waals surface area contributed by atoms with Gasteiger partial charge in [-0.3, -0.25) is 14.5 Å². The predicted octanol–water partition coefficient (Wildman–Crippen LogP) is 2.67. The van der Waals surface area contributed by atoms with Crippen LogP contribution in [0.1, 0.15) is 36.6 Å². The Hall–Kier alpha value is -2.83. The fraction of sp³-hybridized carbons (Fsp3) is 0.522. The lowest BCUT2D eigenvalue weighted by Gasteiger charge is -2.40. The van der Waals surface area contributed by atoms with Crippen LogP contribution in [0.25, 0.3) is 0 Å². The number of fused-ring (bicyclic) bond motifs is 1. The number of aryl methyl sites for hydroxylation is 4. The molecular weight excluding hydrogens is 378 g/mol. The molecule has 2 aromatic rings. The highest BCUT2D eigenvalue weighted by molar-refractivity contribution is 6.01. The molecule has 1 aromatic heterocycles. The number of nitrogens with zero attached hydrogens (tertiary/aromatic N) is 5. The summed E-state index contributed by atoms with van der Waals surface area (Å²) in [5, 5.41) is 4.47. The lowest BCUT2D eigenvalue weighted by Crippen LogP contribution is -2.57. The van der Waals surface area contributed by atoms with E-state index in [1.807, 2.05) is 29.5 Å². The van der Waals surface area contributed by atoms with Gasteiger partial charge >= 0.3 is 0 Å². The average molecular weight is 410 g/mol. The molecule has 160 valence electrons. The Kier molecular flexibility index (Phi) is 5.54. The van der Waals surface area contributed by atoms with Crippen LogP contribution in [0, 0.1) is 20.8 Å². The molecular formula is C23H31N5O2. The molecule has 4 rings (SSSR count). The highest BCUT2D eigenvalue weighted by atomic mass is 16.2. The molecule has 1 aromatic carbocycles. The Morgan fingerprint density at radius 2 is 1.80 bits per heavy atom. The van der Waals surface area contributed by atoms with E-state index in [0.29, 0.717) is 32.5 Å². The average Bonchev–Trinajstić information content (AvgIpc) is 3.12. The van der Waals surface area contributed by atoms with E-state index in [4.69, 9.17) is 0 Å². The minimum Gasteiger partial charge on any atom is -0.368 e. The Labute approximate surface area is 178 Å². The summed E-state index contributed by atoms with van der Waals surface area (Å²) in [5.74, 6) is 0.799. The molecule has 2 aliphatic heterocycles. The van der Waals surface area contributed by atoms with E-state index in [1.165, 1.54) is 16.8 Å². The first-order valence-electron chi connectivity index (χ1n) is 10.9. The van der Waals surface area contributed by atoms with Crippen molar-refractivity contribution in [3.63, 3.8) is 0 Å². The van der Waals surface area contributed by atoms with Gasteiger partial charge in [-0.1, -0.05) is 19.1 Å². The van der Waals surface area contributed by atoms with Gasteiger partial charge in [0.25, 0.3) is 0 Å². The molecule has 2 amide bonds. The maximum atomic E-state index is 13.4. The maximum absolute atomic E-state index is 13.4. The third kappa shape index (κ3) is 3.68. The van der Waals surface area contributed by atoms with Gasteiger partial charge < -0.3 is 9.80 Å². The SMILES string of the molecule is CCC(C(=O)N1CCN(c2cc(C)ccc2C)CC1)N1C(=O)CCn2nc(C)cc21. The van der Waals surface area contributed by atoms with Gasteiger partial charge in [0.2, 0.25) is 11.8 Å². The molecule has 1 fully saturated rings. The first kappa shape index (κ1) is 20.4. The second-order valence-electron chi connectivity index (χ2n) is 8.41. The van der Waals surface area contributed by atoms with Gasteiger partial charge in [0.05, 0.1) is 12.2 Å². The summed E-state index contributed by atoms with van der Waals surface area (Å²) in [6, 6.07) is 7.94. The molecule has 0 saturated carbocycles. The number of carbonyl (C=O) groups excluding carboxylic acids is 2. The van der Waals surface area contributed by atoms with Crippen molar-refractivity contribution < 1.29 is 9.59 Å². The molecule has 7 heteroatoms. The zero-order chi connectivity index (χ0) is 21.4. The Bertz CT molecular complexity index is 958. The van der Waals surface area contributed by atoms with Crippen molar-refractivity contribution in [1.29, 1.82) is 0 Å². The third-order valence-electron chi connectivity index (χ3n) is 6.21. The topological polar surface area (TPSA) is 61.7 Å². The quantitative estimate of drug-likeness (QED) is 0.779. The molecule has 2 aliphatic rings. The van der Waals surface area contributed by atoms with Crippen molar-refractivity contribution in [3.05, 3.63) is 41.1 Å². The predicted molar refractivity (Wildman–Crippen MR) is 118 cm³/mol. The summed E-state index contributed by atoms with van der Waals surface area (Å²) in [6.07, 6.45) is 0.977. The second kappa shape index (κ2) is 8.13. The molecule has 1 saturated heterocycles. The van der Waals surface area contributed by atoms with Crippen LogP contribution in [0.5, 0.6) is 0 Å². The summed E-state index contributed by atoms with van der Waals surface area (Å²) in [4.78, 5) is 32.2. The lowest BCUT2D eigenvalue weighted by molar-refractivity contribution is -0.135. The molecule has 0 aliphatic carbocycles. The van der Waals surface area contributed by atoms with E-state index in [0.717, 1.165) is 24.6 Å². The summed E-state index contributed by atoms with van der Waals surface area (Å²) in [7, 11) is 0. The van der Waals surface area contributed by atoms with Gasteiger partial charge in [0, 0.05) is 44.4 Å². The lowest BCUT2D eigenvalue weighted by atomic mass is 10.1. The molecule has 0 spiro atoms. The molecule has 30 heavy (non-hydrogen) atoms. The zero-order valence-corrected chi connectivity index (χ0v) is 18.4. The van der Waals surface area contributed by atoms with Crippen LogP contribution in [0.3, 0.4) is 0 Å². The fourth-order valence-corrected chi connectivity index (χ4v) is 4.58. The Morgan fingerprint density at radius 1 is 1.07 bits per heavy atom. The minimum atomic E-state index is -0.472. The number of carbonyl (C=O) groups is 2. The molecule has 0 radical (unpaired) electrons. The van der Waals surface area contributed by atoms with E-state index in [2.05, 4.69) is 42.0 Å². The second-order valence-corrected chi connectivity index (χ2v) is 8.41. The van der Waals surface area contributed by atoms with Crippen LogP contribution < -0.4 is 9.80 Å². The van der Waals surface area contributed by atoms with Crippen LogP contribution in [-0.4, -0.2) is 58.7 Å². The van der Waals surface area contributed by atoms with Crippen molar-refractivity contribution >= 4 is 23.3 Å². The van der Waals surface area contributed by atoms with Crippen molar-refractivity contribution in [2.75, 3.05) is 36.0 Å². The Balaban J connectivity index is 1.49. The van der Waals surface area contributed by atoms with Gasteiger partial charge in [-0.05, 0) is 44.4 Å². The number of piperazine rings is 1. The number of anilines is 2. The molecule has 1 unspecified atom stereocenters. The molecule has 7 nitrogen and oxygen atoms in total. The largest absolute Gasteiger partial charge is 0.368 e. The number of hydrogen-bond acceptors (Lipinski definition) is 4. The summed E-state index contributed by atoms with van der Waals surface area (Å²) < 4.78 is 1.85. The van der Waals surface area contributed by atoms with Crippen LogP contribution in [0.15, 0.2) is 24.3 Å². The Morgan fingerprint density at radius 3 is 2.50 bits per heavy atom. The highest BCUT2D eigenvalue weighted by Crippen LogP contribution is 2.28. The smallest absolute Gasteiger partial charge is 0.245 e. The normalized spacial score (nSPS) is 17.9. The molecule has 1 atom stereocenters. The summed E-state index contributed by atoms with van der Waals surface area (Å²) >= 11 is 0. The van der Waals surface area contributed by atoms with E-state index >= 15 is 0 Å². The number of hydrogen-bond donors (Lipinski definition) is 0. The molecule has 0 bridgehead atoms. The van der Waals surface area contributed by atoms with Gasteiger partial charge in [-0.15, -0.1) is 0 Å². The van der Waals surface area contributed by atoms with Gasteiger partial charge in [-0.2, -0.15) is 5.10 Å². The standard InChI is InChI=1S/C23H31N5O2/c1-5-19(28-21-15-18(4)24-27(21)9-8-22(28)29)23(30)26-12-10-25(11-13-26)20-14-16(2)6-7-17(20)3/h6-7,14-15,19H,5,8-13H2,1-4H3. The summed E-state index contributed by atoms with van der Waals surface area (Å²) in [6.45, 7) is 11.7. The first-order valence-corrected chi connectivity index (χ1v) is 10.9. The maximum Gasteiger partial charge on any atom is 0.245 e. The van der Waals surface area contributed by atoms with E-state index < -0.39 is 6.04 Å². The molecule has 3 heterocycles. The minimum absolute atomic E-state index is 0.0108. The van der Waals surface area contributed by atoms with Crippen LogP contribution >= 0.6 is 0 Å². The highest BCUT2D eigenvalue weighted by Gasteiger charge is 2.37. The van der Waals surface area contributed by atoms with Crippen molar-refractivity contribution in [1.82, 2.24) is 14.7 Å². The van der Waals surface area contributed by atoms with E-state index in [9.17, 15) is 9.59 Å². The van der Waals surface area contributed by atoms with Gasteiger partial charge in [0.1, 0.15) is 11.9 Å². The van der Waals surface area contributed by atoms with E-state index in [1.54, 1.807) is 4.90 Å². The monoisotopic (exact) mass is 409 g/mol. The van der Waals surface area contributed by atoms with Gasteiger partial charge in [0.15, 0.2) is 0 Å². The van der Waals surface area contributed by atoms with Crippen molar-refractivity contribution in [2.45, 2.75) is 53.1 Å². The van der Waals surface area contributed by atoms with E-state index in [-0.39, 0.29) is 11.8 Å². The van der Waals surface area contributed by atoms with Crippen molar-refractivity contribution in [2.24, 2.45) is 0 Å².